The molecule has 0 aliphatic carbocycles. The number of rotatable bonds is 8. The van der Waals surface area contributed by atoms with Gasteiger partial charge in [-0.15, -0.1) is 6.58 Å². The van der Waals surface area contributed by atoms with Gasteiger partial charge in [0.2, 0.25) is 0 Å². The van der Waals surface area contributed by atoms with Crippen molar-refractivity contribution in [1.29, 1.82) is 0 Å². The van der Waals surface area contributed by atoms with Crippen LogP contribution in [-0.2, 0) is 6.54 Å². The molecule has 0 bridgehead atoms. The molecule has 0 aliphatic heterocycles. The highest BCUT2D eigenvalue weighted by Crippen LogP contribution is 2.02. The van der Waals surface area contributed by atoms with Crippen molar-refractivity contribution in [2.45, 2.75) is 19.9 Å². The number of nitrogens with zero attached hydrogens (tertiary/aromatic N) is 1. The van der Waals surface area contributed by atoms with Crippen molar-refractivity contribution >= 4 is 11.8 Å². The minimum Gasteiger partial charge on any atom is -0.313 e. The normalized spacial score (nSPS) is 10.3. The maximum atomic E-state index is 4.26. The number of hydrogen-bond acceptors (Lipinski definition) is 3. The highest BCUT2D eigenvalue weighted by Gasteiger charge is 1.93. The molecule has 0 fully saturated rings. The summed E-state index contributed by atoms with van der Waals surface area (Å²) in [6.45, 7) is 7.69. The molecule has 1 heterocycles. The average molecular weight is 236 g/mol. The van der Waals surface area contributed by atoms with Gasteiger partial charge in [-0.2, -0.15) is 11.8 Å². The van der Waals surface area contributed by atoms with Crippen LogP contribution >= 0.6 is 11.8 Å². The van der Waals surface area contributed by atoms with E-state index in [1.807, 2.05) is 31.0 Å². The van der Waals surface area contributed by atoms with E-state index in [0.717, 1.165) is 24.5 Å². The van der Waals surface area contributed by atoms with Crippen LogP contribution in [0.15, 0.2) is 31.0 Å². The minimum atomic E-state index is 0.916. The highest BCUT2D eigenvalue weighted by molar-refractivity contribution is 7.99. The second-order valence-corrected chi connectivity index (χ2v) is 4.85. The molecular formula is C13H20N2S. The van der Waals surface area contributed by atoms with Crippen molar-refractivity contribution in [3.05, 3.63) is 42.2 Å². The van der Waals surface area contributed by atoms with E-state index in [1.54, 1.807) is 0 Å². The fraction of sp³-hybridized carbons (Fsp3) is 0.462. The Bertz CT molecular complexity index is 295. The predicted octanol–water partition coefficient (Wildman–Crippen LogP) is 2.79. The Balaban J connectivity index is 2.02. The second-order valence-electron chi connectivity index (χ2n) is 3.70. The molecule has 1 aromatic heterocycles. The van der Waals surface area contributed by atoms with Crippen LogP contribution in [0.2, 0.25) is 0 Å². The lowest BCUT2D eigenvalue weighted by molar-refractivity contribution is 0.677. The first kappa shape index (κ1) is 13.3. The summed E-state index contributed by atoms with van der Waals surface area (Å²) in [7, 11) is 0. The van der Waals surface area contributed by atoms with E-state index in [9.17, 15) is 0 Å². The first-order valence-electron chi connectivity index (χ1n) is 5.64. The van der Waals surface area contributed by atoms with Gasteiger partial charge in [0, 0.05) is 24.2 Å². The fourth-order valence-corrected chi connectivity index (χ4v) is 1.98. The Labute approximate surface area is 103 Å². The van der Waals surface area contributed by atoms with Crippen LogP contribution in [0, 0.1) is 6.92 Å². The smallest absolute Gasteiger partial charge is 0.0372 e. The minimum absolute atomic E-state index is 0.916. The van der Waals surface area contributed by atoms with Crippen LogP contribution in [0.25, 0.3) is 0 Å². The lowest BCUT2D eigenvalue weighted by Crippen LogP contribution is -2.15. The molecule has 0 aliphatic rings. The zero-order valence-electron chi connectivity index (χ0n) is 9.91. The topological polar surface area (TPSA) is 24.9 Å². The molecule has 0 saturated heterocycles. The zero-order valence-corrected chi connectivity index (χ0v) is 10.7. The third-order valence-electron chi connectivity index (χ3n) is 2.18. The van der Waals surface area contributed by atoms with Crippen LogP contribution < -0.4 is 5.32 Å². The van der Waals surface area contributed by atoms with Gasteiger partial charge in [-0.1, -0.05) is 12.1 Å². The van der Waals surface area contributed by atoms with Crippen molar-refractivity contribution in [1.82, 2.24) is 10.3 Å². The summed E-state index contributed by atoms with van der Waals surface area (Å²) in [5.41, 5.74) is 2.33. The quantitative estimate of drug-likeness (QED) is 0.555. The van der Waals surface area contributed by atoms with Crippen molar-refractivity contribution in [2.24, 2.45) is 0 Å². The van der Waals surface area contributed by atoms with Crippen LogP contribution in [0.3, 0.4) is 0 Å². The lowest BCUT2D eigenvalue weighted by atomic mass is 10.2. The van der Waals surface area contributed by atoms with Gasteiger partial charge < -0.3 is 5.32 Å². The third kappa shape index (κ3) is 5.93. The molecule has 16 heavy (non-hydrogen) atoms. The molecule has 0 amide bonds. The molecule has 0 atom stereocenters. The van der Waals surface area contributed by atoms with Crippen molar-refractivity contribution in [3.63, 3.8) is 0 Å². The first-order chi connectivity index (χ1) is 7.83. The third-order valence-corrected chi connectivity index (χ3v) is 3.23. The molecule has 2 nitrogen and oxygen atoms in total. The number of thioether (sulfide) groups is 1. The summed E-state index contributed by atoms with van der Waals surface area (Å²) in [5, 5.41) is 3.42. The van der Waals surface area contributed by atoms with Gasteiger partial charge in [0.15, 0.2) is 0 Å². The molecule has 0 unspecified atom stereocenters. The van der Waals surface area contributed by atoms with E-state index in [2.05, 4.69) is 29.0 Å². The van der Waals surface area contributed by atoms with Crippen LogP contribution in [0.5, 0.6) is 0 Å². The number of pyridine rings is 1. The summed E-state index contributed by atoms with van der Waals surface area (Å²) < 4.78 is 0. The maximum Gasteiger partial charge on any atom is 0.0372 e. The Kier molecular flexibility index (Phi) is 6.93. The van der Waals surface area contributed by atoms with Crippen molar-refractivity contribution < 1.29 is 0 Å². The van der Waals surface area contributed by atoms with E-state index in [-0.39, 0.29) is 0 Å². The van der Waals surface area contributed by atoms with Gasteiger partial charge in [-0.25, -0.2) is 0 Å². The molecule has 1 aromatic rings. The highest BCUT2D eigenvalue weighted by atomic mass is 32.2. The second kappa shape index (κ2) is 8.36. The predicted molar refractivity (Wildman–Crippen MR) is 72.8 cm³/mol. The molecule has 0 radical (unpaired) electrons. The largest absolute Gasteiger partial charge is 0.313 e. The van der Waals surface area contributed by atoms with E-state index in [1.165, 1.54) is 17.7 Å². The zero-order chi connectivity index (χ0) is 11.6. The summed E-state index contributed by atoms with van der Waals surface area (Å²) in [6, 6.07) is 4.18. The molecule has 0 saturated carbocycles. The van der Waals surface area contributed by atoms with Crippen LogP contribution in [0.4, 0.5) is 0 Å². The molecule has 0 aromatic carbocycles. The fourth-order valence-electron chi connectivity index (χ4n) is 1.30. The first-order valence-corrected chi connectivity index (χ1v) is 6.79. The van der Waals surface area contributed by atoms with Crippen molar-refractivity contribution in [2.75, 3.05) is 18.1 Å². The van der Waals surface area contributed by atoms with Gasteiger partial charge in [-0.05, 0) is 37.3 Å². The Morgan fingerprint density at radius 2 is 2.38 bits per heavy atom. The molecule has 1 rings (SSSR count). The van der Waals surface area contributed by atoms with Crippen LogP contribution in [0.1, 0.15) is 17.7 Å². The number of aryl methyl sites for hydroxylation is 1. The van der Waals surface area contributed by atoms with Gasteiger partial charge in [0.25, 0.3) is 0 Å². The number of nitrogens with one attached hydrogen (secondary N) is 1. The SMILES string of the molecule is C=CCSCCCNCc1ccc(C)nc1. The number of hydrogen-bond donors (Lipinski definition) is 1. The van der Waals surface area contributed by atoms with Gasteiger partial charge in [0.1, 0.15) is 0 Å². The molecule has 1 N–H and O–H groups in total. The Morgan fingerprint density at radius 3 is 3.06 bits per heavy atom. The van der Waals surface area contributed by atoms with Crippen molar-refractivity contribution in [3.8, 4) is 0 Å². The van der Waals surface area contributed by atoms with Gasteiger partial charge in [-0.3, -0.25) is 4.98 Å². The van der Waals surface area contributed by atoms with E-state index >= 15 is 0 Å². The summed E-state index contributed by atoms with van der Waals surface area (Å²) in [4.78, 5) is 4.26. The molecular weight excluding hydrogens is 216 g/mol. The molecule has 0 spiro atoms. The van der Waals surface area contributed by atoms with Gasteiger partial charge >= 0.3 is 0 Å². The number of aromatic nitrogens is 1. The Morgan fingerprint density at radius 1 is 1.50 bits per heavy atom. The molecule has 88 valence electrons. The van der Waals surface area contributed by atoms with E-state index in [4.69, 9.17) is 0 Å². The summed E-state index contributed by atoms with van der Waals surface area (Å²) >= 11 is 1.93. The summed E-state index contributed by atoms with van der Waals surface area (Å²) in [6.07, 6.45) is 5.10. The summed E-state index contributed by atoms with van der Waals surface area (Å²) in [5.74, 6) is 2.26. The van der Waals surface area contributed by atoms with Crippen LogP contribution in [-0.4, -0.2) is 23.0 Å². The Hall–Kier alpha value is -0.800. The molecule has 3 heteroatoms. The monoisotopic (exact) mass is 236 g/mol. The van der Waals surface area contributed by atoms with E-state index < -0.39 is 0 Å². The van der Waals surface area contributed by atoms with Gasteiger partial charge in [0.05, 0.1) is 0 Å². The van der Waals surface area contributed by atoms with E-state index in [0.29, 0.717) is 0 Å². The lowest BCUT2D eigenvalue weighted by Gasteiger charge is -2.04. The maximum absolute atomic E-state index is 4.26. The average Bonchev–Trinajstić information content (AvgIpc) is 2.30. The standard InChI is InChI=1S/C13H20N2S/c1-3-8-16-9-4-7-14-10-13-6-5-12(2)15-11-13/h3,5-6,11,14H,1,4,7-10H2,2H3.